The Labute approximate surface area is 142 Å². The van der Waals surface area contributed by atoms with E-state index in [0.29, 0.717) is 5.92 Å². The van der Waals surface area contributed by atoms with Crippen LogP contribution in [-0.2, 0) is 0 Å². The number of nitrogens with zero attached hydrogens (tertiary/aromatic N) is 2. The fourth-order valence-corrected chi connectivity index (χ4v) is 3.71. The van der Waals surface area contributed by atoms with Gasteiger partial charge in [-0.1, -0.05) is 24.3 Å². The first kappa shape index (κ1) is 15.0. The van der Waals surface area contributed by atoms with Crippen LogP contribution in [-0.4, -0.2) is 25.2 Å². The zero-order valence-corrected chi connectivity index (χ0v) is 14.0. The predicted molar refractivity (Wildman–Crippen MR) is 98.9 cm³/mol. The monoisotopic (exact) mass is 318 g/mol. The first-order chi connectivity index (χ1) is 11.8. The molecule has 1 aliphatic rings. The number of rotatable bonds is 3. The van der Waals surface area contributed by atoms with Gasteiger partial charge in [0.25, 0.3) is 0 Å². The number of aromatic nitrogens is 1. The minimum atomic E-state index is 0.583. The van der Waals surface area contributed by atoms with Gasteiger partial charge in [0.05, 0.1) is 12.6 Å². The van der Waals surface area contributed by atoms with Gasteiger partial charge in [-0.3, -0.25) is 4.98 Å². The highest BCUT2D eigenvalue weighted by Crippen LogP contribution is 2.35. The van der Waals surface area contributed by atoms with E-state index in [4.69, 9.17) is 4.74 Å². The second kappa shape index (κ2) is 6.52. The summed E-state index contributed by atoms with van der Waals surface area (Å²) in [7, 11) is 1.76. The van der Waals surface area contributed by atoms with Crippen molar-refractivity contribution in [3.8, 4) is 5.75 Å². The topological polar surface area (TPSA) is 25.4 Å². The van der Waals surface area contributed by atoms with Crippen LogP contribution in [0.15, 0.2) is 60.8 Å². The Morgan fingerprint density at radius 3 is 2.67 bits per heavy atom. The molecule has 2 heterocycles. The first-order valence-electron chi connectivity index (χ1n) is 8.58. The molecule has 1 aliphatic heterocycles. The van der Waals surface area contributed by atoms with Crippen LogP contribution in [0.2, 0.25) is 0 Å². The van der Waals surface area contributed by atoms with Crippen molar-refractivity contribution in [2.45, 2.75) is 18.8 Å². The highest BCUT2D eigenvalue weighted by atomic mass is 16.5. The average molecular weight is 318 g/mol. The van der Waals surface area contributed by atoms with Gasteiger partial charge >= 0.3 is 0 Å². The maximum Gasteiger partial charge on any atom is 0.122 e. The lowest BCUT2D eigenvalue weighted by molar-refractivity contribution is 0.397. The van der Waals surface area contributed by atoms with Gasteiger partial charge in [-0.2, -0.15) is 0 Å². The molecule has 0 bridgehead atoms. The van der Waals surface area contributed by atoms with E-state index in [9.17, 15) is 0 Å². The maximum atomic E-state index is 5.54. The molecule has 24 heavy (non-hydrogen) atoms. The first-order valence-corrected chi connectivity index (χ1v) is 8.58. The van der Waals surface area contributed by atoms with Crippen molar-refractivity contribution in [3.05, 3.63) is 66.4 Å². The zero-order chi connectivity index (χ0) is 16.4. The molecule has 1 saturated heterocycles. The van der Waals surface area contributed by atoms with Crippen molar-refractivity contribution in [1.82, 2.24) is 4.98 Å². The average Bonchev–Trinajstić information content (AvgIpc) is 2.67. The molecule has 2 aromatic carbocycles. The summed E-state index contributed by atoms with van der Waals surface area (Å²) in [4.78, 5) is 6.89. The summed E-state index contributed by atoms with van der Waals surface area (Å²) >= 11 is 0. The standard InChI is InChI=1S/C21H22N2O/c1-24-21-7-3-2-6-19(21)16-10-13-23(14-11-16)18-8-9-20-17(15-18)5-4-12-22-20/h2-9,12,15-16H,10-11,13-14H2,1H3. The van der Waals surface area contributed by atoms with Crippen molar-refractivity contribution in [2.75, 3.05) is 25.1 Å². The molecule has 1 aromatic heterocycles. The van der Waals surface area contributed by atoms with E-state index in [1.807, 2.05) is 18.3 Å². The number of ether oxygens (including phenoxy) is 1. The zero-order valence-electron chi connectivity index (χ0n) is 14.0. The van der Waals surface area contributed by atoms with Crippen LogP contribution in [0.1, 0.15) is 24.3 Å². The van der Waals surface area contributed by atoms with Crippen molar-refractivity contribution in [2.24, 2.45) is 0 Å². The summed E-state index contributed by atoms with van der Waals surface area (Å²) in [6, 6.07) is 19.1. The molecule has 0 saturated carbocycles. The number of benzene rings is 2. The number of para-hydroxylation sites is 1. The summed E-state index contributed by atoms with van der Waals surface area (Å²) < 4.78 is 5.54. The van der Waals surface area contributed by atoms with Gasteiger partial charge in [0, 0.05) is 30.4 Å². The number of pyridine rings is 1. The van der Waals surface area contributed by atoms with E-state index >= 15 is 0 Å². The smallest absolute Gasteiger partial charge is 0.122 e. The SMILES string of the molecule is COc1ccccc1C1CCN(c2ccc3ncccc3c2)CC1. The number of hydrogen-bond donors (Lipinski definition) is 0. The van der Waals surface area contributed by atoms with Crippen molar-refractivity contribution < 1.29 is 4.74 Å². The lowest BCUT2D eigenvalue weighted by atomic mass is 9.88. The molecule has 0 unspecified atom stereocenters. The van der Waals surface area contributed by atoms with Crippen molar-refractivity contribution in [3.63, 3.8) is 0 Å². The Morgan fingerprint density at radius 2 is 1.83 bits per heavy atom. The van der Waals surface area contributed by atoms with Gasteiger partial charge in [-0.25, -0.2) is 0 Å². The molecule has 4 rings (SSSR count). The van der Waals surface area contributed by atoms with Gasteiger partial charge in [-0.15, -0.1) is 0 Å². The lowest BCUT2D eigenvalue weighted by Crippen LogP contribution is -2.32. The van der Waals surface area contributed by atoms with Crippen molar-refractivity contribution in [1.29, 1.82) is 0 Å². The van der Waals surface area contributed by atoms with Crippen LogP contribution in [0.5, 0.6) is 5.75 Å². The molecule has 0 atom stereocenters. The molecule has 0 radical (unpaired) electrons. The van der Waals surface area contributed by atoms with Crippen LogP contribution in [0.3, 0.4) is 0 Å². The molecule has 3 nitrogen and oxygen atoms in total. The summed E-state index contributed by atoms with van der Waals surface area (Å²) in [6.07, 6.45) is 4.16. The molecule has 0 N–H and O–H groups in total. The molecule has 122 valence electrons. The third-order valence-electron chi connectivity index (χ3n) is 5.03. The highest BCUT2D eigenvalue weighted by Gasteiger charge is 2.23. The Bertz CT molecular complexity index is 838. The molecule has 0 spiro atoms. The quantitative estimate of drug-likeness (QED) is 0.704. The Morgan fingerprint density at radius 1 is 1.00 bits per heavy atom. The Kier molecular flexibility index (Phi) is 4.08. The second-order valence-electron chi connectivity index (χ2n) is 6.38. The molecular formula is C21H22N2O. The fraction of sp³-hybridized carbons (Fsp3) is 0.286. The van der Waals surface area contributed by atoms with Crippen LogP contribution < -0.4 is 9.64 Å². The van der Waals surface area contributed by atoms with Gasteiger partial charge in [0.15, 0.2) is 0 Å². The number of hydrogen-bond acceptors (Lipinski definition) is 3. The molecule has 0 aliphatic carbocycles. The van der Waals surface area contributed by atoms with E-state index in [1.54, 1.807) is 7.11 Å². The Hall–Kier alpha value is -2.55. The minimum absolute atomic E-state index is 0.583. The lowest BCUT2D eigenvalue weighted by Gasteiger charge is -2.34. The van der Waals surface area contributed by atoms with E-state index in [0.717, 1.165) is 37.2 Å². The fourth-order valence-electron chi connectivity index (χ4n) is 3.71. The summed E-state index contributed by atoms with van der Waals surface area (Å²) in [5.74, 6) is 1.60. The number of methoxy groups -OCH3 is 1. The van der Waals surface area contributed by atoms with Gasteiger partial charge in [0.1, 0.15) is 5.75 Å². The number of fused-ring (bicyclic) bond motifs is 1. The van der Waals surface area contributed by atoms with Crippen LogP contribution in [0, 0.1) is 0 Å². The van der Waals surface area contributed by atoms with Crippen molar-refractivity contribution >= 4 is 16.6 Å². The Balaban J connectivity index is 1.51. The summed E-state index contributed by atoms with van der Waals surface area (Å²) in [5.41, 5.74) is 3.71. The normalized spacial score (nSPS) is 15.6. The predicted octanol–water partition coefficient (Wildman–Crippen LogP) is 4.63. The van der Waals surface area contributed by atoms with E-state index in [-0.39, 0.29) is 0 Å². The largest absolute Gasteiger partial charge is 0.496 e. The van der Waals surface area contributed by atoms with Crippen LogP contribution >= 0.6 is 0 Å². The van der Waals surface area contributed by atoms with Gasteiger partial charge < -0.3 is 9.64 Å². The van der Waals surface area contributed by atoms with E-state index in [2.05, 4.69) is 52.3 Å². The van der Waals surface area contributed by atoms with E-state index < -0.39 is 0 Å². The summed E-state index contributed by atoms with van der Waals surface area (Å²) in [6.45, 7) is 2.16. The number of anilines is 1. The minimum Gasteiger partial charge on any atom is -0.496 e. The molecule has 3 aromatic rings. The highest BCUT2D eigenvalue weighted by molar-refractivity contribution is 5.82. The van der Waals surface area contributed by atoms with E-state index in [1.165, 1.54) is 16.6 Å². The third-order valence-corrected chi connectivity index (χ3v) is 5.03. The molecular weight excluding hydrogens is 296 g/mol. The van der Waals surface area contributed by atoms with Crippen LogP contribution in [0.4, 0.5) is 5.69 Å². The van der Waals surface area contributed by atoms with Crippen LogP contribution in [0.25, 0.3) is 10.9 Å². The molecule has 1 fully saturated rings. The third kappa shape index (κ3) is 2.82. The summed E-state index contributed by atoms with van der Waals surface area (Å²) in [5, 5.41) is 1.21. The van der Waals surface area contributed by atoms with Gasteiger partial charge in [-0.05, 0) is 54.7 Å². The molecule has 3 heteroatoms. The number of piperidine rings is 1. The van der Waals surface area contributed by atoms with Gasteiger partial charge in [0.2, 0.25) is 0 Å². The maximum absolute atomic E-state index is 5.54. The molecule has 0 amide bonds. The second-order valence-corrected chi connectivity index (χ2v) is 6.38.